The first-order chi connectivity index (χ1) is 12.6. The Morgan fingerprint density at radius 1 is 1.04 bits per heavy atom. The molecule has 3 rings (SSSR count). The van der Waals surface area contributed by atoms with E-state index in [0.717, 1.165) is 34.3 Å². The number of likely N-dealkylation sites (tertiary alicyclic amines) is 1. The average Bonchev–Trinajstić information content (AvgIpc) is 2.62. The van der Waals surface area contributed by atoms with Crippen molar-refractivity contribution in [1.82, 2.24) is 4.90 Å². The number of para-hydroxylation sites is 1. The van der Waals surface area contributed by atoms with Crippen molar-refractivity contribution in [3.05, 3.63) is 58.2 Å². The number of rotatable bonds is 5. The fourth-order valence-electron chi connectivity index (χ4n) is 3.15. The smallest absolute Gasteiger partial charge is 0.238 e. The number of nitrogens with one attached hydrogen (secondary N) is 2. The lowest BCUT2D eigenvalue weighted by Gasteiger charge is -2.31. The van der Waals surface area contributed by atoms with E-state index in [1.54, 1.807) is 0 Å². The topological polar surface area (TPSA) is 61.4 Å². The summed E-state index contributed by atoms with van der Waals surface area (Å²) in [6, 6.07) is 17.2. The molecule has 1 aliphatic heterocycles. The molecule has 1 heterocycles. The van der Waals surface area contributed by atoms with Crippen molar-refractivity contribution in [1.29, 1.82) is 0 Å². The molecule has 6 heteroatoms. The molecule has 2 N–H and O–H groups in total. The van der Waals surface area contributed by atoms with Gasteiger partial charge in [-0.05, 0) is 72.3 Å². The van der Waals surface area contributed by atoms with Gasteiger partial charge in [0, 0.05) is 21.5 Å². The molecule has 136 valence electrons. The van der Waals surface area contributed by atoms with Crippen molar-refractivity contribution in [2.75, 3.05) is 30.3 Å². The summed E-state index contributed by atoms with van der Waals surface area (Å²) in [5.41, 5.74) is 1.61. The predicted octanol–water partition coefficient (Wildman–Crippen LogP) is 3.58. The summed E-state index contributed by atoms with van der Waals surface area (Å²) in [5.74, 6) is -0.107. The van der Waals surface area contributed by atoms with E-state index >= 15 is 0 Å². The second-order valence-corrected chi connectivity index (χ2v) is 7.73. The van der Waals surface area contributed by atoms with E-state index in [0.29, 0.717) is 13.1 Å². The zero-order chi connectivity index (χ0) is 18.4. The Balaban J connectivity index is 1.51. The molecule has 0 saturated carbocycles. The second-order valence-electron chi connectivity index (χ2n) is 6.49. The zero-order valence-electron chi connectivity index (χ0n) is 14.5. The molecule has 2 aromatic carbocycles. The van der Waals surface area contributed by atoms with Crippen molar-refractivity contribution in [2.24, 2.45) is 5.92 Å². The largest absolute Gasteiger partial charge is 0.326 e. The average molecular weight is 463 g/mol. The molecule has 1 fully saturated rings. The van der Waals surface area contributed by atoms with Gasteiger partial charge in [0.1, 0.15) is 0 Å². The summed E-state index contributed by atoms with van der Waals surface area (Å²) in [5, 5.41) is 5.89. The quantitative estimate of drug-likeness (QED) is 0.667. The van der Waals surface area contributed by atoms with Gasteiger partial charge in [-0.25, -0.2) is 0 Å². The van der Waals surface area contributed by atoms with Gasteiger partial charge in [0.15, 0.2) is 0 Å². The molecule has 2 amide bonds. The second kappa shape index (κ2) is 9.14. The van der Waals surface area contributed by atoms with Crippen LogP contribution in [0, 0.1) is 9.49 Å². The number of halogens is 1. The number of piperidine rings is 1. The van der Waals surface area contributed by atoms with Crippen LogP contribution >= 0.6 is 22.6 Å². The van der Waals surface area contributed by atoms with Crippen LogP contribution in [0.1, 0.15) is 12.8 Å². The molecule has 1 saturated heterocycles. The monoisotopic (exact) mass is 463 g/mol. The van der Waals surface area contributed by atoms with Crippen molar-refractivity contribution in [3.8, 4) is 0 Å². The van der Waals surface area contributed by atoms with Crippen molar-refractivity contribution in [3.63, 3.8) is 0 Å². The van der Waals surface area contributed by atoms with Gasteiger partial charge in [0.2, 0.25) is 11.8 Å². The predicted molar refractivity (Wildman–Crippen MR) is 112 cm³/mol. The Kier molecular flexibility index (Phi) is 6.62. The summed E-state index contributed by atoms with van der Waals surface area (Å²) in [7, 11) is 0. The third-order valence-electron chi connectivity index (χ3n) is 4.39. The van der Waals surface area contributed by atoms with Gasteiger partial charge in [-0.3, -0.25) is 14.5 Å². The van der Waals surface area contributed by atoms with E-state index in [4.69, 9.17) is 0 Å². The van der Waals surface area contributed by atoms with Crippen LogP contribution in [0.2, 0.25) is 0 Å². The maximum atomic E-state index is 12.5. The third-order valence-corrected chi connectivity index (χ3v) is 5.06. The number of hydrogen-bond donors (Lipinski definition) is 2. The van der Waals surface area contributed by atoms with Crippen molar-refractivity contribution < 1.29 is 9.59 Å². The number of amides is 2. The van der Waals surface area contributed by atoms with Crippen LogP contribution in [-0.2, 0) is 9.59 Å². The van der Waals surface area contributed by atoms with E-state index in [1.807, 2.05) is 54.6 Å². The maximum Gasteiger partial charge on any atom is 0.238 e. The van der Waals surface area contributed by atoms with Crippen LogP contribution < -0.4 is 10.6 Å². The SMILES string of the molecule is O=C(CN1CCC[C@H](C(=O)Nc2ccccc2)C1)Nc1cccc(I)c1. The molecule has 2 aromatic rings. The fourth-order valence-corrected chi connectivity index (χ4v) is 3.69. The molecule has 0 radical (unpaired) electrons. The highest BCUT2D eigenvalue weighted by molar-refractivity contribution is 14.1. The number of nitrogens with zero attached hydrogens (tertiary/aromatic N) is 1. The number of carbonyl (C=O) groups excluding carboxylic acids is 2. The lowest BCUT2D eigenvalue weighted by molar-refractivity contribution is -0.123. The Bertz CT molecular complexity index is 767. The van der Waals surface area contributed by atoms with Gasteiger partial charge in [-0.2, -0.15) is 0 Å². The van der Waals surface area contributed by atoms with Crippen LogP contribution in [0.4, 0.5) is 11.4 Å². The van der Waals surface area contributed by atoms with E-state index in [2.05, 4.69) is 38.1 Å². The number of hydrogen-bond acceptors (Lipinski definition) is 3. The van der Waals surface area contributed by atoms with Gasteiger partial charge in [0.05, 0.1) is 12.5 Å². The molecule has 0 spiro atoms. The number of anilines is 2. The van der Waals surface area contributed by atoms with Gasteiger partial charge >= 0.3 is 0 Å². The number of benzene rings is 2. The summed E-state index contributed by atoms with van der Waals surface area (Å²) in [6.45, 7) is 1.76. The molecular formula is C20H22IN3O2. The molecule has 0 unspecified atom stereocenters. The molecule has 1 atom stereocenters. The summed E-state index contributed by atoms with van der Waals surface area (Å²) < 4.78 is 1.08. The third kappa shape index (κ3) is 5.54. The minimum absolute atomic E-state index is 0.0268. The molecule has 0 aromatic heterocycles. The number of carbonyl (C=O) groups is 2. The molecular weight excluding hydrogens is 441 g/mol. The Hall–Kier alpha value is -1.93. The molecule has 5 nitrogen and oxygen atoms in total. The van der Waals surface area contributed by atoms with Crippen molar-refractivity contribution in [2.45, 2.75) is 12.8 Å². The first kappa shape index (κ1) is 18.8. The summed E-state index contributed by atoms with van der Waals surface area (Å²) >= 11 is 2.22. The van der Waals surface area contributed by atoms with Crippen LogP contribution in [-0.4, -0.2) is 36.3 Å². The highest BCUT2D eigenvalue weighted by Crippen LogP contribution is 2.19. The van der Waals surface area contributed by atoms with Crippen molar-refractivity contribution >= 4 is 45.8 Å². The van der Waals surface area contributed by atoms with Crippen LogP contribution in [0.3, 0.4) is 0 Å². The lowest BCUT2D eigenvalue weighted by atomic mass is 9.97. The van der Waals surface area contributed by atoms with E-state index in [9.17, 15) is 9.59 Å². The Labute approximate surface area is 167 Å². The van der Waals surface area contributed by atoms with Crippen LogP contribution in [0.25, 0.3) is 0 Å². The molecule has 26 heavy (non-hydrogen) atoms. The Morgan fingerprint density at radius 2 is 1.81 bits per heavy atom. The van der Waals surface area contributed by atoms with Gasteiger partial charge in [-0.1, -0.05) is 24.3 Å². The standard InChI is InChI=1S/C20H22IN3O2/c21-16-7-4-10-18(12-16)22-19(25)14-24-11-5-6-15(13-24)20(26)23-17-8-2-1-3-9-17/h1-4,7-10,12,15H,5-6,11,13-14H2,(H,22,25)(H,23,26)/t15-/m0/s1. The van der Waals surface area contributed by atoms with Crippen LogP contribution in [0.15, 0.2) is 54.6 Å². The minimum atomic E-state index is -0.0885. The summed E-state index contributed by atoms with van der Waals surface area (Å²) in [6.07, 6.45) is 1.77. The van der Waals surface area contributed by atoms with Crippen LogP contribution in [0.5, 0.6) is 0 Å². The van der Waals surface area contributed by atoms with E-state index in [-0.39, 0.29) is 17.7 Å². The first-order valence-corrected chi connectivity index (χ1v) is 9.82. The lowest BCUT2D eigenvalue weighted by Crippen LogP contribution is -2.43. The minimum Gasteiger partial charge on any atom is -0.326 e. The molecule has 1 aliphatic rings. The highest BCUT2D eigenvalue weighted by Gasteiger charge is 2.26. The summed E-state index contributed by atoms with van der Waals surface area (Å²) in [4.78, 5) is 26.8. The fraction of sp³-hybridized carbons (Fsp3) is 0.300. The molecule has 0 aliphatic carbocycles. The molecule has 0 bridgehead atoms. The normalized spacial score (nSPS) is 17.5. The van der Waals surface area contributed by atoms with E-state index in [1.165, 1.54) is 0 Å². The Morgan fingerprint density at radius 3 is 2.58 bits per heavy atom. The zero-order valence-corrected chi connectivity index (χ0v) is 16.6. The highest BCUT2D eigenvalue weighted by atomic mass is 127. The first-order valence-electron chi connectivity index (χ1n) is 8.74. The van der Waals surface area contributed by atoms with Gasteiger partial charge in [-0.15, -0.1) is 0 Å². The van der Waals surface area contributed by atoms with Gasteiger partial charge in [0.25, 0.3) is 0 Å². The maximum absolute atomic E-state index is 12.5. The van der Waals surface area contributed by atoms with E-state index < -0.39 is 0 Å². The van der Waals surface area contributed by atoms with Gasteiger partial charge < -0.3 is 10.6 Å².